The van der Waals surface area contributed by atoms with Crippen molar-refractivity contribution < 1.29 is 14.7 Å². The molecule has 0 spiro atoms. The Hall–Kier alpha value is -2.14. The van der Waals surface area contributed by atoms with Crippen LogP contribution in [0.1, 0.15) is 57.2 Å². The first-order chi connectivity index (χ1) is 12.0. The zero-order valence-electron chi connectivity index (χ0n) is 15.2. The molecule has 0 fully saturated rings. The molecule has 1 aromatic carbocycles. The summed E-state index contributed by atoms with van der Waals surface area (Å²) in [7, 11) is 0. The second kappa shape index (κ2) is 8.81. The number of aliphatic hydroxyl groups excluding tert-OH is 1. The average molecular weight is 344 g/mol. The lowest BCUT2D eigenvalue weighted by atomic mass is 9.93. The fraction of sp³-hybridized carbons (Fsp3) is 0.500. The number of carbonyl (C=O) groups is 2. The van der Waals surface area contributed by atoms with Crippen molar-refractivity contribution in [1.82, 2.24) is 10.2 Å². The minimum absolute atomic E-state index is 0.0967. The van der Waals surface area contributed by atoms with E-state index in [-0.39, 0.29) is 36.7 Å². The maximum absolute atomic E-state index is 12.4. The Morgan fingerprint density at radius 1 is 1.24 bits per heavy atom. The monoisotopic (exact) mass is 344 g/mol. The lowest BCUT2D eigenvalue weighted by Crippen LogP contribution is -2.39. The van der Waals surface area contributed by atoms with Crippen LogP contribution in [-0.2, 0) is 9.59 Å². The molecule has 2 N–H and O–H groups in total. The van der Waals surface area contributed by atoms with Crippen LogP contribution in [0.15, 0.2) is 30.5 Å². The van der Waals surface area contributed by atoms with Gasteiger partial charge in [0.15, 0.2) is 0 Å². The van der Waals surface area contributed by atoms with Crippen molar-refractivity contribution in [2.45, 2.75) is 52.2 Å². The third-order valence-electron chi connectivity index (χ3n) is 4.95. The number of aliphatic hydroxyl groups is 1. The van der Waals surface area contributed by atoms with Gasteiger partial charge in [-0.25, -0.2) is 0 Å². The van der Waals surface area contributed by atoms with E-state index in [0.29, 0.717) is 0 Å². The first-order valence-electron chi connectivity index (χ1n) is 8.98. The van der Waals surface area contributed by atoms with Crippen LogP contribution in [0.2, 0.25) is 0 Å². The van der Waals surface area contributed by atoms with Gasteiger partial charge in [0, 0.05) is 19.7 Å². The molecule has 1 heterocycles. The van der Waals surface area contributed by atoms with Gasteiger partial charge >= 0.3 is 0 Å². The van der Waals surface area contributed by atoms with Crippen molar-refractivity contribution in [1.29, 1.82) is 0 Å². The van der Waals surface area contributed by atoms with E-state index in [0.717, 1.165) is 24.0 Å². The van der Waals surface area contributed by atoms with E-state index in [9.17, 15) is 14.7 Å². The molecule has 2 rings (SSSR count). The van der Waals surface area contributed by atoms with Gasteiger partial charge < -0.3 is 15.3 Å². The summed E-state index contributed by atoms with van der Waals surface area (Å²) in [6.07, 6.45) is 5.03. The van der Waals surface area contributed by atoms with Gasteiger partial charge in [-0.3, -0.25) is 9.59 Å². The summed E-state index contributed by atoms with van der Waals surface area (Å²) in [6.45, 7) is 5.82. The highest BCUT2D eigenvalue weighted by molar-refractivity contribution is 5.81. The largest absolute Gasteiger partial charge is 0.391 e. The molecule has 5 heteroatoms. The summed E-state index contributed by atoms with van der Waals surface area (Å²) in [5, 5.41) is 13.0. The van der Waals surface area contributed by atoms with Crippen LogP contribution in [0.4, 0.5) is 0 Å². The molecule has 2 unspecified atom stereocenters. The van der Waals surface area contributed by atoms with Gasteiger partial charge in [-0.15, -0.1) is 0 Å². The number of amides is 2. The molecule has 0 aliphatic carbocycles. The first-order valence-corrected chi connectivity index (χ1v) is 8.98. The molecule has 2 atom stereocenters. The van der Waals surface area contributed by atoms with Crippen LogP contribution in [0.3, 0.4) is 0 Å². The van der Waals surface area contributed by atoms with Gasteiger partial charge in [0.1, 0.15) is 0 Å². The van der Waals surface area contributed by atoms with Gasteiger partial charge in [0.2, 0.25) is 11.8 Å². The Labute approximate surface area is 149 Å². The van der Waals surface area contributed by atoms with Crippen LogP contribution in [0.5, 0.6) is 0 Å². The number of nitrogens with one attached hydrogen (secondary N) is 1. The van der Waals surface area contributed by atoms with Gasteiger partial charge in [0.25, 0.3) is 0 Å². The van der Waals surface area contributed by atoms with E-state index in [1.807, 2.05) is 44.2 Å². The van der Waals surface area contributed by atoms with E-state index in [1.165, 1.54) is 6.92 Å². The maximum atomic E-state index is 12.4. The number of benzene rings is 1. The van der Waals surface area contributed by atoms with Crippen molar-refractivity contribution in [2.75, 3.05) is 6.54 Å². The summed E-state index contributed by atoms with van der Waals surface area (Å²) in [5.74, 6) is -0.0701. The van der Waals surface area contributed by atoms with E-state index < -0.39 is 6.10 Å². The summed E-state index contributed by atoms with van der Waals surface area (Å²) >= 11 is 0. The third-order valence-corrected chi connectivity index (χ3v) is 4.95. The van der Waals surface area contributed by atoms with Crippen molar-refractivity contribution in [3.63, 3.8) is 0 Å². The van der Waals surface area contributed by atoms with Gasteiger partial charge in [-0.1, -0.05) is 51.0 Å². The number of hydrogen-bond donors (Lipinski definition) is 2. The molecule has 0 saturated carbocycles. The minimum Gasteiger partial charge on any atom is -0.391 e. The molecule has 1 aromatic rings. The fourth-order valence-electron chi connectivity index (χ4n) is 3.38. The molecule has 5 nitrogen and oxygen atoms in total. The Bertz CT molecular complexity index is 638. The van der Waals surface area contributed by atoms with Crippen molar-refractivity contribution in [3.05, 3.63) is 41.6 Å². The second-order valence-electron chi connectivity index (χ2n) is 6.54. The van der Waals surface area contributed by atoms with Crippen molar-refractivity contribution in [3.8, 4) is 0 Å². The van der Waals surface area contributed by atoms with Crippen LogP contribution < -0.4 is 5.32 Å². The maximum Gasteiger partial charge on any atom is 0.223 e. The van der Waals surface area contributed by atoms with Crippen LogP contribution in [0.25, 0.3) is 6.08 Å². The zero-order valence-corrected chi connectivity index (χ0v) is 15.2. The lowest BCUT2D eigenvalue weighted by Gasteiger charge is -2.32. The van der Waals surface area contributed by atoms with Crippen LogP contribution in [-0.4, -0.2) is 34.5 Å². The van der Waals surface area contributed by atoms with E-state index in [1.54, 1.807) is 11.1 Å². The molecule has 0 radical (unpaired) electrons. The summed E-state index contributed by atoms with van der Waals surface area (Å²) < 4.78 is 0. The number of nitrogens with zero attached hydrogens (tertiary/aromatic N) is 1. The Kier molecular flexibility index (Phi) is 6.76. The minimum atomic E-state index is -0.540. The number of hydrogen-bond acceptors (Lipinski definition) is 3. The SMILES string of the molecule is CCC(CC)C(O)CNC(=O)CC1c2ccccc2C=CN1C(C)=O. The molecular weight excluding hydrogens is 316 g/mol. The highest BCUT2D eigenvalue weighted by atomic mass is 16.3. The average Bonchev–Trinajstić information content (AvgIpc) is 2.61. The fourth-order valence-corrected chi connectivity index (χ4v) is 3.38. The normalized spacial score (nSPS) is 17.3. The predicted octanol–water partition coefficient (Wildman–Crippen LogP) is 2.86. The zero-order chi connectivity index (χ0) is 18.4. The Balaban J connectivity index is 2.04. The van der Waals surface area contributed by atoms with Crippen LogP contribution >= 0.6 is 0 Å². The summed E-state index contributed by atoms with van der Waals surface area (Å²) in [6, 6.07) is 7.47. The highest BCUT2D eigenvalue weighted by Crippen LogP contribution is 2.32. The van der Waals surface area contributed by atoms with Gasteiger partial charge in [-0.05, 0) is 23.1 Å². The Morgan fingerprint density at radius 3 is 2.56 bits per heavy atom. The van der Waals surface area contributed by atoms with Crippen molar-refractivity contribution >= 4 is 17.9 Å². The molecule has 1 aliphatic heterocycles. The summed E-state index contributed by atoms with van der Waals surface area (Å²) in [5.41, 5.74) is 1.99. The van der Waals surface area contributed by atoms with Crippen LogP contribution in [0, 0.1) is 5.92 Å². The van der Waals surface area contributed by atoms with E-state index in [4.69, 9.17) is 0 Å². The van der Waals surface area contributed by atoms with Gasteiger partial charge in [-0.2, -0.15) is 0 Å². The quantitative estimate of drug-likeness (QED) is 0.799. The number of carbonyl (C=O) groups excluding carboxylic acids is 2. The molecule has 0 saturated heterocycles. The lowest BCUT2D eigenvalue weighted by molar-refractivity contribution is -0.130. The molecule has 1 aliphatic rings. The smallest absolute Gasteiger partial charge is 0.223 e. The molecule has 0 aromatic heterocycles. The van der Waals surface area contributed by atoms with Crippen molar-refractivity contribution in [2.24, 2.45) is 5.92 Å². The standard InChI is InChI=1S/C20H28N2O3/c1-4-15(5-2)19(24)13-21-20(25)12-18-17-9-7-6-8-16(17)10-11-22(18)14(3)23/h6-11,15,18-19,24H,4-5,12-13H2,1-3H3,(H,21,25). The third kappa shape index (κ3) is 4.69. The molecule has 0 bridgehead atoms. The van der Waals surface area contributed by atoms with E-state index in [2.05, 4.69) is 5.32 Å². The molecular formula is C20H28N2O3. The molecule has 25 heavy (non-hydrogen) atoms. The highest BCUT2D eigenvalue weighted by Gasteiger charge is 2.28. The molecule has 136 valence electrons. The van der Waals surface area contributed by atoms with Gasteiger partial charge in [0.05, 0.1) is 18.6 Å². The number of fused-ring (bicyclic) bond motifs is 1. The number of rotatable bonds is 7. The predicted molar refractivity (Wildman–Crippen MR) is 98.4 cm³/mol. The Morgan fingerprint density at radius 2 is 1.92 bits per heavy atom. The topological polar surface area (TPSA) is 69.6 Å². The first kappa shape index (κ1) is 19.2. The van der Waals surface area contributed by atoms with E-state index >= 15 is 0 Å². The molecule has 2 amide bonds. The summed E-state index contributed by atoms with van der Waals surface area (Å²) in [4.78, 5) is 25.9. The second-order valence-corrected chi connectivity index (χ2v) is 6.54.